The van der Waals surface area contributed by atoms with Crippen molar-refractivity contribution < 1.29 is 9.90 Å². The van der Waals surface area contributed by atoms with Crippen molar-refractivity contribution in [2.24, 2.45) is 0 Å². The summed E-state index contributed by atoms with van der Waals surface area (Å²) in [6.07, 6.45) is 5.89. The maximum atomic E-state index is 10.9. The summed E-state index contributed by atoms with van der Waals surface area (Å²) in [4.78, 5) is 10.9. The van der Waals surface area contributed by atoms with E-state index in [4.69, 9.17) is 5.11 Å². The van der Waals surface area contributed by atoms with Crippen LogP contribution in [0.2, 0.25) is 0 Å². The van der Waals surface area contributed by atoms with Gasteiger partial charge in [-0.25, -0.2) is 9.48 Å². The summed E-state index contributed by atoms with van der Waals surface area (Å²) in [5, 5.41) is 16.4. The number of para-hydroxylation sites is 1. The first kappa shape index (κ1) is 15.0. The van der Waals surface area contributed by atoms with Gasteiger partial charge in [-0.05, 0) is 24.1 Å². The number of carboxylic acid groups (broad SMARTS) is 1. The quantitative estimate of drug-likeness (QED) is 0.605. The molecule has 0 fully saturated rings. The Morgan fingerprint density at radius 2 is 2.19 bits per heavy atom. The standard InChI is InChI=1S/C16H19N3O2/c1-2-13(16(20)21)8-10-17-12-14-6-3-4-7-15(14)19-11-5-9-18-19/h3-9,11,17H,2,10,12H2,1H3,(H,20,21)/b13-8-. The van der Waals surface area contributed by atoms with Crippen LogP contribution in [-0.2, 0) is 11.3 Å². The van der Waals surface area contributed by atoms with Crippen molar-refractivity contribution in [1.82, 2.24) is 15.1 Å². The molecule has 1 aromatic heterocycles. The van der Waals surface area contributed by atoms with E-state index >= 15 is 0 Å². The largest absolute Gasteiger partial charge is 0.478 e. The first-order valence-corrected chi connectivity index (χ1v) is 6.93. The van der Waals surface area contributed by atoms with Gasteiger partial charge in [0.2, 0.25) is 0 Å². The number of nitrogens with zero attached hydrogens (tertiary/aromatic N) is 2. The number of hydrogen-bond acceptors (Lipinski definition) is 3. The Morgan fingerprint density at radius 3 is 2.86 bits per heavy atom. The van der Waals surface area contributed by atoms with Crippen LogP contribution in [0.1, 0.15) is 18.9 Å². The summed E-state index contributed by atoms with van der Waals surface area (Å²) in [5.74, 6) is -0.851. The van der Waals surface area contributed by atoms with E-state index in [2.05, 4.69) is 10.4 Å². The molecule has 2 N–H and O–H groups in total. The highest BCUT2D eigenvalue weighted by atomic mass is 16.4. The van der Waals surface area contributed by atoms with Crippen LogP contribution in [0.3, 0.4) is 0 Å². The summed E-state index contributed by atoms with van der Waals surface area (Å²) in [6.45, 7) is 3.03. The summed E-state index contributed by atoms with van der Waals surface area (Å²) in [7, 11) is 0. The number of carbonyl (C=O) groups is 1. The van der Waals surface area contributed by atoms with Gasteiger partial charge in [0, 0.05) is 31.1 Å². The molecule has 5 heteroatoms. The third-order valence-electron chi connectivity index (χ3n) is 3.21. The Kier molecular flexibility index (Phi) is 5.29. The average Bonchev–Trinajstić information content (AvgIpc) is 3.01. The molecule has 0 unspecified atom stereocenters. The molecule has 0 radical (unpaired) electrons. The summed E-state index contributed by atoms with van der Waals surface area (Å²) >= 11 is 0. The third-order valence-corrected chi connectivity index (χ3v) is 3.21. The molecule has 0 aliphatic heterocycles. The molecule has 2 aromatic rings. The minimum absolute atomic E-state index is 0.433. The lowest BCUT2D eigenvalue weighted by Crippen LogP contribution is -2.16. The molecule has 0 saturated carbocycles. The summed E-state index contributed by atoms with van der Waals surface area (Å²) in [6, 6.07) is 9.88. The molecule has 0 bridgehead atoms. The molecule has 0 saturated heterocycles. The van der Waals surface area contributed by atoms with Crippen molar-refractivity contribution in [2.45, 2.75) is 19.9 Å². The highest BCUT2D eigenvalue weighted by molar-refractivity contribution is 5.86. The Balaban J connectivity index is 2.00. The van der Waals surface area contributed by atoms with Crippen LogP contribution in [0.15, 0.2) is 54.4 Å². The van der Waals surface area contributed by atoms with Crippen LogP contribution < -0.4 is 5.32 Å². The van der Waals surface area contributed by atoms with Crippen molar-refractivity contribution in [3.05, 3.63) is 59.9 Å². The molecular formula is C16H19N3O2. The van der Waals surface area contributed by atoms with Gasteiger partial charge in [0.15, 0.2) is 0 Å². The molecule has 1 heterocycles. The number of hydrogen-bond donors (Lipinski definition) is 2. The lowest BCUT2D eigenvalue weighted by molar-refractivity contribution is -0.132. The van der Waals surface area contributed by atoms with Crippen molar-refractivity contribution in [3.63, 3.8) is 0 Å². The van der Waals surface area contributed by atoms with E-state index in [1.54, 1.807) is 12.3 Å². The van der Waals surface area contributed by atoms with Gasteiger partial charge in [-0.1, -0.05) is 31.2 Å². The van der Waals surface area contributed by atoms with Gasteiger partial charge < -0.3 is 10.4 Å². The molecule has 0 amide bonds. The van der Waals surface area contributed by atoms with Gasteiger partial charge in [0.1, 0.15) is 0 Å². The second-order valence-electron chi connectivity index (χ2n) is 4.60. The van der Waals surface area contributed by atoms with Crippen LogP contribution in [0.25, 0.3) is 5.69 Å². The van der Waals surface area contributed by atoms with Gasteiger partial charge in [-0.15, -0.1) is 0 Å². The van der Waals surface area contributed by atoms with Gasteiger partial charge in [-0.2, -0.15) is 5.10 Å². The first-order chi connectivity index (χ1) is 10.2. The fourth-order valence-electron chi connectivity index (χ4n) is 2.08. The molecule has 2 rings (SSSR count). The fourth-order valence-corrected chi connectivity index (χ4v) is 2.08. The molecule has 0 atom stereocenters. The van der Waals surface area contributed by atoms with Gasteiger partial charge in [0.25, 0.3) is 0 Å². The van der Waals surface area contributed by atoms with E-state index in [-0.39, 0.29) is 0 Å². The first-order valence-electron chi connectivity index (χ1n) is 6.93. The van der Waals surface area contributed by atoms with Crippen molar-refractivity contribution in [3.8, 4) is 5.69 Å². The van der Waals surface area contributed by atoms with Crippen LogP contribution in [0, 0.1) is 0 Å². The Hall–Kier alpha value is -2.40. The second-order valence-corrected chi connectivity index (χ2v) is 4.60. The van der Waals surface area contributed by atoms with Crippen LogP contribution in [0.4, 0.5) is 0 Å². The maximum absolute atomic E-state index is 10.9. The van der Waals surface area contributed by atoms with Crippen LogP contribution in [0.5, 0.6) is 0 Å². The van der Waals surface area contributed by atoms with E-state index in [0.717, 1.165) is 11.3 Å². The Bertz CT molecular complexity index is 618. The highest BCUT2D eigenvalue weighted by Gasteiger charge is 2.05. The van der Waals surface area contributed by atoms with Gasteiger partial charge in [-0.3, -0.25) is 0 Å². The smallest absolute Gasteiger partial charge is 0.331 e. The zero-order chi connectivity index (χ0) is 15.1. The molecule has 5 nitrogen and oxygen atoms in total. The Morgan fingerprint density at radius 1 is 1.38 bits per heavy atom. The second kappa shape index (κ2) is 7.40. The number of aromatic nitrogens is 2. The lowest BCUT2D eigenvalue weighted by Gasteiger charge is -2.10. The van der Waals surface area contributed by atoms with Gasteiger partial charge >= 0.3 is 5.97 Å². The number of carboxylic acids is 1. The van der Waals surface area contributed by atoms with E-state index < -0.39 is 5.97 Å². The number of aliphatic carboxylic acids is 1. The van der Waals surface area contributed by atoms with Crippen LogP contribution in [-0.4, -0.2) is 27.4 Å². The summed E-state index contributed by atoms with van der Waals surface area (Å²) < 4.78 is 1.82. The minimum Gasteiger partial charge on any atom is -0.478 e. The molecule has 0 aliphatic carbocycles. The van der Waals surface area contributed by atoms with Crippen LogP contribution >= 0.6 is 0 Å². The number of benzene rings is 1. The SMILES string of the molecule is CC/C(=C/CNCc1ccccc1-n1cccn1)C(=O)O. The lowest BCUT2D eigenvalue weighted by atomic mass is 10.1. The molecular weight excluding hydrogens is 266 g/mol. The maximum Gasteiger partial charge on any atom is 0.331 e. The molecule has 21 heavy (non-hydrogen) atoms. The highest BCUT2D eigenvalue weighted by Crippen LogP contribution is 2.13. The molecule has 0 aliphatic rings. The molecule has 110 valence electrons. The molecule has 0 spiro atoms. The van der Waals surface area contributed by atoms with E-state index in [9.17, 15) is 4.79 Å². The van der Waals surface area contributed by atoms with Crippen molar-refractivity contribution in [2.75, 3.05) is 6.54 Å². The zero-order valence-corrected chi connectivity index (χ0v) is 12.0. The van der Waals surface area contributed by atoms with Crippen molar-refractivity contribution in [1.29, 1.82) is 0 Å². The number of rotatable bonds is 7. The Labute approximate surface area is 123 Å². The van der Waals surface area contributed by atoms with Gasteiger partial charge in [0.05, 0.1) is 5.69 Å². The average molecular weight is 285 g/mol. The predicted molar refractivity (Wildman–Crippen MR) is 81.3 cm³/mol. The summed E-state index contributed by atoms with van der Waals surface area (Å²) in [5.41, 5.74) is 2.57. The monoisotopic (exact) mass is 285 g/mol. The minimum atomic E-state index is -0.851. The third kappa shape index (κ3) is 4.03. The fraction of sp³-hybridized carbons (Fsp3) is 0.250. The predicted octanol–water partition coefficient (Wildman–Crippen LogP) is 2.38. The normalized spacial score (nSPS) is 11.6. The topological polar surface area (TPSA) is 67.2 Å². The van der Waals surface area contributed by atoms with E-state index in [1.807, 2.05) is 48.1 Å². The zero-order valence-electron chi connectivity index (χ0n) is 12.0. The van der Waals surface area contributed by atoms with Crippen molar-refractivity contribution >= 4 is 5.97 Å². The number of nitrogens with one attached hydrogen (secondary N) is 1. The van der Waals surface area contributed by atoms with E-state index in [0.29, 0.717) is 25.1 Å². The molecule has 1 aromatic carbocycles. The van der Waals surface area contributed by atoms with E-state index in [1.165, 1.54) is 0 Å².